The van der Waals surface area contributed by atoms with E-state index in [1.807, 2.05) is 14.1 Å². The van der Waals surface area contributed by atoms with E-state index >= 15 is 0 Å². The lowest BCUT2D eigenvalue weighted by Gasteiger charge is -2.00. The molecule has 13 heavy (non-hydrogen) atoms. The van der Waals surface area contributed by atoms with Gasteiger partial charge in [-0.25, -0.2) is 0 Å². The van der Waals surface area contributed by atoms with Crippen molar-refractivity contribution in [1.82, 2.24) is 4.90 Å². The van der Waals surface area contributed by atoms with Gasteiger partial charge in [0, 0.05) is 5.56 Å². The van der Waals surface area contributed by atoms with Gasteiger partial charge in [0.1, 0.15) is 0 Å². The zero-order valence-electron chi connectivity index (χ0n) is 8.13. The molecule has 1 aromatic rings. The predicted molar refractivity (Wildman–Crippen MR) is 61.5 cm³/mol. The van der Waals surface area contributed by atoms with Gasteiger partial charge in [-0.15, -0.1) is 23.1 Å². The van der Waals surface area contributed by atoms with E-state index in [1.54, 1.807) is 23.1 Å². The zero-order chi connectivity index (χ0) is 9.68. The summed E-state index contributed by atoms with van der Waals surface area (Å²) in [6, 6.07) is 2.08. The Labute approximate surface area is 88.1 Å². The molecule has 1 heterocycles. The van der Waals surface area contributed by atoms with E-state index in [9.17, 15) is 0 Å². The Morgan fingerprint density at radius 2 is 2.31 bits per heavy atom. The molecule has 0 aliphatic carbocycles. The Balaban J connectivity index is 2.65. The molecule has 0 amide bonds. The van der Waals surface area contributed by atoms with Crippen LogP contribution >= 0.6 is 23.1 Å². The minimum absolute atomic E-state index is 0.823. The van der Waals surface area contributed by atoms with E-state index in [0.717, 1.165) is 6.54 Å². The van der Waals surface area contributed by atoms with Crippen LogP contribution in [0.5, 0.6) is 0 Å². The van der Waals surface area contributed by atoms with Crippen molar-refractivity contribution >= 4 is 23.1 Å². The van der Waals surface area contributed by atoms with Crippen LogP contribution in [0, 0.1) is 11.8 Å². The van der Waals surface area contributed by atoms with Crippen molar-refractivity contribution < 1.29 is 0 Å². The van der Waals surface area contributed by atoms with Crippen LogP contribution in [0.15, 0.2) is 15.7 Å². The van der Waals surface area contributed by atoms with Crippen LogP contribution in [0.4, 0.5) is 0 Å². The fraction of sp³-hybridized carbons (Fsp3) is 0.400. The first-order chi connectivity index (χ1) is 6.24. The standard InChI is InChI=1S/C10H13NS2/c1-11(2)7-4-5-9-6-8-13-10(9)12-3/h6,8H,7H2,1-3H3. The van der Waals surface area contributed by atoms with Crippen molar-refractivity contribution in [2.45, 2.75) is 4.21 Å². The lowest BCUT2D eigenvalue weighted by molar-refractivity contribution is 0.464. The molecule has 0 N–H and O–H groups in total. The average molecular weight is 211 g/mol. The lowest BCUT2D eigenvalue weighted by Crippen LogP contribution is -2.10. The Bertz CT molecular complexity index is 317. The van der Waals surface area contributed by atoms with Gasteiger partial charge in [0.05, 0.1) is 10.8 Å². The molecule has 70 valence electrons. The second-order valence-electron chi connectivity index (χ2n) is 2.87. The minimum Gasteiger partial charge on any atom is -0.299 e. The molecule has 0 spiro atoms. The van der Waals surface area contributed by atoms with Crippen molar-refractivity contribution in [3.8, 4) is 11.8 Å². The van der Waals surface area contributed by atoms with Gasteiger partial charge in [-0.2, -0.15) is 0 Å². The highest BCUT2D eigenvalue weighted by Gasteiger charge is 1.97. The first kappa shape index (κ1) is 10.6. The molecule has 0 saturated carbocycles. The quantitative estimate of drug-likeness (QED) is 0.546. The van der Waals surface area contributed by atoms with Crippen LogP contribution in [0.1, 0.15) is 5.56 Å². The molecule has 0 aromatic carbocycles. The van der Waals surface area contributed by atoms with Crippen molar-refractivity contribution in [3.05, 3.63) is 17.0 Å². The Hall–Kier alpha value is -0.430. The number of rotatable bonds is 2. The summed E-state index contributed by atoms with van der Waals surface area (Å²) in [7, 11) is 4.05. The monoisotopic (exact) mass is 211 g/mol. The lowest BCUT2D eigenvalue weighted by atomic mass is 10.3. The number of hydrogen-bond acceptors (Lipinski definition) is 3. The van der Waals surface area contributed by atoms with Gasteiger partial charge in [0.15, 0.2) is 0 Å². The van der Waals surface area contributed by atoms with E-state index in [4.69, 9.17) is 0 Å². The molecule has 0 radical (unpaired) electrons. The maximum atomic E-state index is 3.17. The number of hydrogen-bond donors (Lipinski definition) is 0. The first-order valence-corrected chi connectivity index (χ1v) is 6.09. The molecule has 3 heteroatoms. The summed E-state index contributed by atoms with van der Waals surface area (Å²) in [5.74, 6) is 6.30. The van der Waals surface area contributed by atoms with Gasteiger partial charge in [0.25, 0.3) is 0 Å². The predicted octanol–water partition coefficient (Wildman–Crippen LogP) is 2.38. The van der Waals surface area contributed by atoms with E-state index < -0.39 is 0 Å². The summed E-state index contributed by atoms with van der Waals surface area (Å²) in [5.41, 5.74) is 1.17. The third-order valence-electron chi connectivity index (χ3n) is 1.43. The van der Waals surface area contributed by atoms with Crippen LogP contribution in [-0.4, -0.2) is 31.8 Å². The molecular formula is C10H13NS2. The summed E-state index contributed by atoms with van der Waals surface area (Å²) < 4.78 is 1.31. The number of thioether (sulfide) groups is 1. The van der Waals surface area contributed by atoms with Crippen LogP contribution in [0.2, 0.25) is 0 Å². The summed E-state index contributed by atoms with van der Waals surface area (Å²) >= 11 is 3.52. The molecule has 1 rings (SSSR count). The number of nitrogens with zero attached hydrogens (tertiary/aromatic N) is 1. The SMILES string of the molecule is CSc1sccc1C#CCN(C)C. The molecule has 0 bridgehead atoms. The van der Waals surface area contributed by atoms with Crippen molar-refractivity contribution in [1.29, 1.82) is 0 Å². The topological polar surface area (TPSA) is 3.24 Å². The molecule has 0 aliphatic rings. The van der Waals surface area contributed by atoms with Crippen LogP contribution < -0.4 is 0 Å². The summed E-state index contributed by atoms with van der Waals surface area (Å²) in [4.78, 5) is 2.07. The van der Waals surface area contributed by atoms with Gasteiger partial charge in [0.2, 0.25) is 0 Å². The van der Waals surface area contributed by atoms with Gasteiger partial charge in [-0.1, -0.05) is 11.8 Å². The van der Waals surface area contributed by atoms with E-state index in [1.165, 1.54) is 9.77 Å². The molecule has 0 aliphatic heterocycles. The van der Waals surface area contributed by atoms with Crippen LogP contribution in [-0.2, 0) is 0 Å². The summed E-state index contributed by atoms with van der Waals surface area (Å²) in [6.45, 7) is 0.823. The average Bonchev–Trinajstić information content (AvgIpc) is 2.51. The van der Waals surface area contributed by atoms with Crippen LogP contribution in [0.25, 0.3) is 0 Å². The highest BCUT2D eigenvalue weighted by atomic mass is 32.2. The Morgan fingerprint density at radius 1 is 1.54 bits per heavy atom. The van der Waals surface area contributed by atoms with Crippen molar-refractivity contribution in [2.24, 2.45) is 0 Å². The summed E-state index contributed by atoms with van der Waals surface area (Å²) in [5, 5.41) is 2.09. The second-order valence-corrected chi connectivity index (χ2v) is 4.86. The third-order valence-corrected chi connectivity index (χ3v) is 3.52. The molecule has 0 unspecified atom stereocenters. The molecule has 0 saturated heterocycles. The van der Waals surface area contributed by atoms with E-state index in [0.29, 0.717) is 0 Å². The second kappa shape index (κ2) is 5.33. The van der Waals surface area contributed by atoms with Gasteiger partial charge < -0.3 is 0 Å². The maximum Gasteiger partial charge on any atom is 0.0752 e. The molecule has 0 atom stereocenters. The van der Waals surface area contributed by atoms with Gasteiger partial charge >= 0.3 is 0 Å². The fourth-order valence-corrected chi connectivity index (χ4v) is 2.30. The first-order valence-electron chi connectivity index (χ1n) is 3.99. The summed E-state index contributed by atoms with van der Waals surface area (Å²) in [6.07, 6.45) is 2.09. The zero-order valence-corrected chi connectivity index (χ0v) is 9.76. The maximum absolute atomic E-state index is 3.17. The van der Waals surface area contributed by atoms with E-state index in [-0.39, 0.29) is 0 Å². The molecular weight excluding hydrogens is 198 g/mol. The van der Waals surface area contributed by atoms with Crippen LogP contribution in [0.3, 0.4) is 0 Å². The Morgan fingerprint density at radius 3 is 2.92 bits per heavy atom. The minimum atomic E-state index is 0.823. The normalized spacial score (nSPS) is 9.85. The van der Waals surface area contributed by atoms with Gasteiger partial charge in [-0.3, -0.25) is 4.90 Å². The van der Waals surface area contributed by atoms with Crippen molar-refractivity contribution in [3.63, 3.8) is 0 Å². The number of thiophene rings is 1. The third kappa shape index (κ3) is 3.43. The van der Waals surface area contributed by atoms with Crippen molar-refractivity contribution in [2.75, 3.05) is 26.9 Å². The van der Waals surface area contributed by atoms with Gasteiger partial charge in [-0.05, 0) is 31.8 Å². The molecule has 0 fully saturated rings. The van der Waals surface area contributed by atoms with E-state index in [2.05, 4.69) is 34.4 Å². The highest BCUT2D eigenvalue weighted by Crippen LogP contribution is 2.25. The molecule has 1 aromatic heterocycles. The smallest absolute Gasteiger partial charge is 0.0752 e. The molecule has 1 nitrogen and oxygen atoms in total. The highest BCUT2D eigenvalue weighted by molar-refractivity contribution is 8.00. The fourth-order valence-electron chi connectivity index (χ4n) is 0.839. The Kier molecular flexibility index (Phi) is 4.37. The largest absolute Gasteiger partial charge is 0.299 e.